The predicted molar refractivity (Wildman–Crippen MR) is 102 cm³/mol. The molecule has 0 spiro atoms. The summed E-state index contributed by atoms with van der Waals surface area (Å²) in [7, 11) is 1.56. The van der Waals surface area contributed by atoms with Crippen LogP contribution in [0, 0.1) is 0 Å². The lowest BCUT2D eigenvalue weighted by atomic mass is 10.3. The van der Waals surface area contributed by atoms with Crippen LogP contribution in [0.2, 0.25) is 0 Å². The molecule has 1 aromatic heterocycles. The number of nitrogens with zero attached hydrogens (tertiary/aromatic N) is 3. The van der Waals surface area contributed by atoms with Crippen molar-refractivity contribution in [2.75, 3.05) is 24.8 Å². The fourth-order valence-corrected chi connectivity index (χ4v) is 2.27. The number of carbonyl (C=O) groups excluding carboxylic acids is 1. The second-order valence-electron chi connectivity index (χ2n) is 5.52. The number of rotatable bonds is 8. The van der Waals surface area contributed by atoms with E-state index in [1.165, 1.54) is 0 Å². The Hall–Kier alpha value is -3.88. The van der Waals surface area contributed by atoms with Crippen molar-refractivity contribution in [3.63, 3.8) is 0 Å². The van der Waals surface area contributed by atoms with Crippen LogP contribution in [-0.4, -0.2) is 34.6 Å². The zero-order valence-electron chi connectivity index (χ0n) is 15.2. The van der Waals surface area contributed by atoms with Gasteiger partial charge in [-0.05, 0) is 24.3 Å². The molecule has 144 valence electrons. The third-order valence-corrected chi connectivity index (χ3v) is 3.51. The summed E-state index contributed by atoms with van der Waals surface area (Å²) in [6.07, 6.45) is 0. The van der Waals surface area contributed by atoms with E-state index in [1.807, 2.05) is 30.3 Å². The molecule has 1 heterocycles. The summed E-state index contributed by atoms with van der Waals surface area (Å²) in [6.45, 7) is -0.388. The third kappa shape index (κ3) is 5.31. The van der Waals surface area contributed by atoms with Crippen molar-refractivity contribution in [1.29, 1.82) is 0 Å². The molecule has 0 radical (unpaired) electrons. The highest BCUT2D eigenvalue weighted by Gasteiger charge is 2.10. The van der Waals surface area contributed by atoms with Crippen LogP contribution in [0.3, 0.4) is 0 Å². The van der Waals surface area contributed by atoms with Crippen molar-refractivity contribution >= 4 is 23.6 Å². The van der Waals surface area contributed by atoms with E-state index < -0.39 is 5.97 Å². The van der Waals surface area contributed by atoms with Crippen LogP contribution in [0.4, 0.5) is 17.6 Å². The number of esters is 1. The highest BCUT2D eigenvalue weighted by Crippen LogP contribution is 2.25. The van der Waals surface area contributed by atoms with Crippen molar-refractivity contribution in [3.05, 3.63) is 60.4 Å². The smallest absolute Gasteiger partial charge is 0.344 e. The molecule has 3 N–H and O–H groups in total. The molecular formula is C19H19N5O4. The van der Waals surface area contributed by atoms with Crippen molar-refractivity contribution in [1.82, 2.24) is 15.0 Å². The molecule has 0 saturated carbocycles. The standard InChI is InChI=1S/C19H19N5O4/c1-26-15-10-6-5-9-14(15)21-19-23-16(22-18(20)24-19)11-28-17(25)12-27-13-7-3-2-4-8-13/h2-10H,11-12H2,1H3,(H3,20,21,22,23,24). The summed E-state index contributed by atoms with van der Waals surface area (Å²) in [4.78, 5) is 24.1. The van der Waals surface area contributed by atoms with E-state index in [0.29, 0.717) is 17.2 Å². The molecule has 0 aliphatic heterocycles. The Morgan fingerprint density at radius 3 is 2.57 bits per heavy atom. The number of hydrogen-bond donors (Lipinski definition) is 2. The fourth-order valence-electron chi connectivity index (χ4n) is 2.27. The minimum Gasteiger partial charge on any atom is -0.495 e. The van der Waals surface area contributed by atoms with Crippen LogP contribution in [-0.2, 0) is 16.1 Å². The number of anilines is 3. The average Bonchev–Trinajstić information content (AvgIpc) is 2.71. The molecule has 9 nitrogen and oxygen atoms in total. The summed E-state index contributed by atoms with van der Waals surface area (Å²) in [6, 6.07) is 16.2. The molecule has 0 unspecified atom stereocenters. The number of methoxy groups -OCH3 is 1. The lowest BCUT2D eigenvalue weighted by Gasteiger charge is -2.11. The molecule has 0 atom stereocenters. The van der Waals surface area contributed by atoms with Gasteiger partial charge in [-0.2, -0.15) is 15.0 Å². The lowest BCUT2D eigenvalue weighted by molar-refractivity contribution is -0.147. The number of nitrogens with one attached hydrogen (secondary N) is 1. The Kier molecular flexibility index (Phi) is 6.19. The second-order valence-corrected chi connectivity index (χ2v) is 5.52. The van der Waals surface area contributed by atoms with E-state index in [9.17, 15) is 4.79 Å². The number of carbonyl (C=O) groups is 1. The first-order valence-corrected chi connectivity index (χ1v) is 8.38. The van der Waals surface area contributed by atoms with Crippen LogP contribution < -0.4 is 20.5 Å². The van der Waals surface area contributed by atoms with Crippen molar-refractivity contribution in [3.8, 4) is 11.5 Å². The van der Waals surface area contributed by atoms with Crippen LogP contribution in [0.1, 0.15) is 5.82 Å². The minimum atomic E-state index is -0.554. The van der Waals surface area contributed by atoms with E-state index in [-0.39, 0.29) is 30.9 Å². The van der Waals surface area contributed by atoms with Crippen molar-refractivity contribution < 1.29 is 19.0 Å². The van der Waals surface area contributed by atoms with Gasteiger partial charge in [0.15, 0.2) is 19.0 Å². The number of aromatic nitrogens is 3. The van der Waals surface area contributed by atoms with E-state index in [0.717, 1.165) is 0 Å². The highest BCUT2D eigenvalue weighted by molar-refractivity contribution is 5.71. The Labute approximate surface area is 161 Å². The zero-order valence-corrected chi connectivity index (χ0v) is 15.2. The molecule has 0 fully saturated rings. The van der Waals surface area contributed by atoms with Gasteiger partial charge < -0.3 is 25.3 Å². The third-order valence-electron chi connectivity index (χ3n) is 3.51. The van der Waals surface area contributed by atoms with Gasteiger partial charge in [0.25, 0.3) is 0 Å². The van der Waals surface area contributed by atoms with Gasteiger partial charge in [0.1, 0.15) is 11.5 Å². The number of ether oxygens (including phenoxy) is 3. The van der Waals surface area contributed by atoms with E-state index in [4.69, 9.17) is 19.9 Å². The van der Waals surface area contributed by atoms with Crippen LogP contribution >= 0.6 is 0 Å². The number of benzene rings is 2. The molecule has 3 aromatic rings. The molecule has 9 heteroatoms. The van der Waals surface area contributed by atoms with Gasteiger partial charge in [-0.1, -0.05) is 30.3 Å². The van der Waals surface area contributed by atoms with Gasteiger partial charge >= 0.3 is 5.97 Å². The summed E-state index contributed by atoms with van der Waals surface area (Å²) >= 11 is 0. The van der Waals surface area contributed by atoms with E-state index in [2.05, 4.69) is 20.3 Å². The van der Waals surface area contributed by atoms with Gasteiger partial charge in [0.2, 0.25) is 11.9 Å². The van der Waals surface area contributed by atoms with Gasteiger partial charge in [-0.25, -0.2) is 4.79 Å². The quantitative estimate of drug-likeness (QED) is 0.566. The minimum absolute atomic E-state index is 0.000942. The van der Waals surface area contributed by atoms with E-state index in [1.54, 1.807) is 31.4 Å². The maximum absolute atomic E-state index is 11.9. The maximum atomic E-state index is 11.9. The second kappa shape index (κ2) is 9.17. The number of nitrogen functional groups attached to an aromatic ring is 1. The molecule has 0 amide bonds. The molecule has 3 rings (SSSR count). The first kappa shape index (κ1) is 18.9. The monoisotopic (exact) mass is 381 g/mol. The SMILES string of the molecule is COc1ccccc1Nc1nc(N)nc(COC(=O)COc2ccccc2)n1. The molecule has 2 aromatic carbocycles. The number of hydrogen-bond acceptors (Lipinski definition) is 9. The van der Waals surface area contributed by atoms with Gasteiger partial charge in [0.05, 0.1) is 12.8 Å². The number of para-hydroxylation sites is 3. The predicted octanol–water partition coefficient (Wildman–Crippen LogP) is 2.33. The van der Waals surface area contributed by atoms with Crippen LogP contribution in [0.5, 0.6) is 11.5 Å². The molecule has 0 aliphatic carbocycles. The largest absolute Gasteiger partial charge is 0.495 e. The Bertz CT molecular complexity index is 937. The Morgan fingerprint density at radius 1 is 1.04 bits per heavy atom. The Balaban J connectivity index is 1.59. The zero-order chi connectivity index (χ0) is 19.8. The first-order chi connectivity index (χ1) is 13.6. The van der Waals surface area contributed by atoms with Gasteiger partial charge in [-0.15, -0.1) is 0 Å². The number of nitrogens with two attached hydrogens (primary N) is 1. The van der Waals surface area contributed by atoms with Gasteiger partial charge in [-0.3, -0.25) is 0 Å². The first-order valence-electron chi connectivity index (χ1n) is 8.38. The van der Waals surface area contributed by atoms with Crippen molar-refractivity contribution in [2.24, 2.45) is 0 Å². The summed E-state index contributed by atoms with van der Waals surface area (Å²) in [5.74, 6) is 1.06. The maximum Gasteiger partial charge on any atom is 0.344 e. The molecule has 0 aliphatic rings. The molecule has 28 heavy (non-hydrogen) atoms. The average molecular weight is 381 g/mol. The van der Waals surface area contributed by atoms with Crippen molar-refractivity contribution in [2.45, 2.75) is 6.61 Å². The topological polar surface area (TPSA) is 121 Å². The van der Waals surface area contributed by atoms with Crippen LogP contribution in [0.25, 0.3) is 0 Å². The highest BCUT2D eigenvalue weighted by atomic mass is 16.6. The summed E-state index contributed by atoms with van der Waals surface area (Å²) in [5, 5.41) is 3.01. The normalized spacial score (nSPS) is 10.2. The molecular weight excluding hydrogens is 362 g/mol. The summed E-state index contributed by atoms with van der Waals surface area (Å²) < 4.78 is 15.7. The fraction of sp³-hybridized carbons (Fsp3) is 0.158. The molecule has 0 saturated heterocycles. The molecule has 0 bridgehead atoms. The summed E-state index contributed by atoms with van der Waals surface area (Å²) in [5.41, 5.74) is 6.39. The van der Waals surface area contributed by atoms with Crippen LogP contribution in [0.15, 0.2) is 54.6 Å². The van der Waals surface area contributed by atoms with E-state index >= 15 is 0 Å². The lowest BCUT2D eigenvalue weighted by Crippen LogP contribution is -2.16. The van der Waals surface area contributed by atoms with Gasteiger partial charge in [0, 0.05) is 0 Å². The Morgan fingerprint density at radius 2 is 1.79 bits per heavy atom.